The molecule has 1 N–H and O–H groups in total. The number of anilines is 1. The Hall–Kier alpha value is -2.21. The third kappa shape index (κ3) is 3.96. The lowest BCUT2D eigenvalue weighted by Crippen LogP contribution is -2.24. The SMILES string of the molecule is CC(=O)Nc1ccn([C@H]2CCN(CCc3ccccc3F)C2)n1. The number of rotatable bonds is 5. The predicted molar refractivity (Wildman–Crippen MR) is 86.7 cm³/mol. The molecule has 3 rings (SSSR count). The minimum Gasteiger partial charge on any atom is -0.309 e. The van der Waals surface area contributed by atoms with E-state index in [0.717, 1.165) is 38.0 Å². The highest BCUT2D eigenvalue weighted by molar-refractivity contribution is 5.87. The van der Waals surface area contributed by atoms with Gasteiger partial charge in [-0.05, 0) is 24.5 Å². The van der Waals surface area contributed by atoms with Crippen molar-refractivity contribution in [2.75, 3.05) is 25.0 Å². The maximum absolute atomic E-state index is 13.6. The first-order valence-electron chi connectivity index (χ1n) is 7.90. The lowest BCUT2D eigenvalue weighted by Gasteiger charge is -2.16. The molecule has 1 saturated heterocycles. The van der Waals surface area contributed by atoms with Crippen molar-refractivity contribution in [3.8, 4) is 0 Å². The molecule has 1 atom stereocenters. The summed E-state index contributed by atoms with van der Waals surface area (Å²) in [6, 6.07) is 9.06. The Morgan fingerprint density at radius 1 is 1.39 bits per heavy atom. The van der Waals surface area contributed by atoms with Crippen LogP contribution in [0.1, 0.15) is 24.9 Å². The van der Waals surface area contributed by atoms with Gasteiger partial charge in [0.2, 0.25) is 5.91 Å². The molecule has 0 saturated carbocycles. The first kappa shape index (κ1) is 15.7. The smallest absolute Gasteiger partial charge is 0.222 e. The summed E-state index contributed by atoms with van der Waals surface area (Å²) < 4.78 is 15.6. The summed E-state index contributed by atoms with van der Waals surface area (Å²) in [4.78, 5) is 13.4. The van der Waals surface area contributed by atoms with E-state index in [1.165, 1.54) is 13.0 Å². The molecule has 5 nitrogen and oxygen atoms in total. The zero-order chi connectivity index (χ0) is 16.2. The Balaban J connectivity index is 1.53. The van der Waals surface area contributed by atoms with E-state index in [9.17, 15) is 9.18 Å². The number of hydrogen-bond donors (Lipinski definition) is 1. The number of nitrogens with one attached hydrogen (secondary N) is 1. The molecule has 1 aromatic heterocycles. The molecule has 1 aliphatic rings. The molecule has 122 valence electrons. The van der Waals surface area contributed by atoms with Gasteiger partial charge in [0.25, 0.3) is 0 Å². The van der Waals surface area contributed by atoms with Gasteiger partial charge < -0.3 is 10.2 Å². The molecule has 1 aromatic carbocycles. The van der Waals surface area contributed by atoms with Crippen molar-refractivity contribution < 1.29 is 9.18 Å². The van der Waals surface area contributed by atoms with Crippen molar-refractivity contribution >= 4 is 11.7 Å². The van der Waals surface area contributed by atoms with Crippen molar-refractivity contribution in [2.45, 2.75) is 25.8 Å². The molecular formula is C17H21FN4O. The van der Waals surface area contributed by atoms with Gasteiger partial charge in [-0.2, -0.15) is 5.10 Å². The monoisotopic (exact) mass is 316 g/mol. The molecule has 0 radical (unpaired) electrons. The van der Waals surface area contributed by atoms with Crippen LogP contribution in [0.25, 0.3) is 0 Å². The summed E-state index contributed by atoms with van der Waals surface area (Å²) in [5.74, 6) is 0.339. The number of halogens is 1. The van der Waals surface area contributed by atoms with Crippen molar-refractivity contribution in [2.24, 2.45) is 0 Å². The lowest BCUT2D eigenvalue weighted by molar-refractivity contribution is -0.114. The van der Waals surface area contributed by atoms with E-state index < -0.39 is 0 Å². The Bertz CT molecular complexity index is 685. The third-order valence-corrected chi connectivity index (χ3v) is 4.19. The minimum absolute atomic E-state index is 0.117. The van der Waals surface area contributed by atoms with Crippen LogP contribution in [-0.2, 0) is 11.2 Å². The molecule has 2 heterocycles. The fraction of sp³-hybridized carbons (Fsp3) is 0.412. The summed E-state index contributed by atoms with van der Waals surface area (Å²) in [7, 11) is 0. The Morgan fingerprint density at radius 2 is 2.22 bits per heavy atom. The quantitative estimate of drug-likeness (QED) is 0.922. The fourth-order valence-electron chi connectivity index (χ4n) is 3.00. The molecular weight excluding hydrogens is 295 g/mol. The van der Waals surface area contributed by atoms with Crippen molar-refractivity contribution in [3.63, 3.8) is 0 Å². The number of carbonyl (C=O) groups excluding carboxylic acids is 1. The molecule has 1 amide bonds. The Morgan fingerprint density at radius 3 is 3.00 bits per heavy atom. The van der Waals surface area contributed by atoms with Gasteiger partial charge in [0, 0.05) is 38.8 Å². The van der Waals surface area contributed by atoms with Crippen LogP contribution >= 0.6 is 0 Å². The average Bonchev–Trinajstić information content (AvgIpc) is 3.15. The van der Waals surface area contributed by atoms with Crippen LogP contribution in [0.2, 0.25) is 0 Å². The number of aromatic nitrogens is 2. The Kier molecular flexibility index (Phi) is 4.71. The van der Waals surface area contributed by atoms with Gasteiger partial charge in [-0.3, -0.25) is 9.48 Å². The van der Waals surface area contributed by atoms with E-state index >= 15 is 0 Å². The van der Waals surface area contributed by atoms with E-state index in [1.807, 2.05) is 29.1 Å². The summed E-state index contributed by atoms with van der Waals surface area (Å²) >= 11 is 0. The Labute approximate surface area is 135 Å². The van der Waals surface area contributed by atoms with Gasteiger partial charge in [0.05, 0.1) is 6.04 Å². The molecule has 1 fully saturated rings. The van der Waals surface area contributed by atoms with Crippen LogP contribution in [0.4, 0.5) is 10.2 Å². The van der Waals surface area contributed by atoms with Crippen LogP contribution in [0, 0.1) is 5.82 Å². The second kappa shape index (κ2) is 6.91. The molecule has 2 aromatic rings. The van der Waals surface area contributed by atoms with E-state index in [2.05, 4.69) is 15.3 Å². The molecule has 6 heteroatoms. The molecule has 0 aliphatic carbocycles. The summed E-state index contributed by atoms with van der Waals surface area (Å²) in [5.41, 5.74) is 0.767. The minimum atomic E-state index is -0.129. The molecule has 0 spiro atoms. The van der Waals surface area contributed by atoms with Gasteiger partial charge in [0.15, 0.2) is 5.82 Å². The standard InChI is InChI=1S/C17H21FN4O/c1-13(23)19-17-8-11-22(20-17)15-7-10-21(12-15)9-6-14-4-2-3-5-16(14)18/h2-5,8,11,15H,6-7,9-10,12H2,1H3,(H,19,20,23)/t15-/m0/s1. The third-order valence-electron chi connectivity index (χ3n) is 4.19. The van der Waals surface area contributed by atoms with Crippen LogP contribution in [0.5, 0.6) is 0 Å². The summed E-state index contributed by atoms with van der Waals surface area (Å²) in [6.07, 6.45) is 3.63. The number of hydrogen-bond acceptors (Lipinski definition) is 3. The number of nitrogens with zero attached hydrogens (tertiary/aromatic N) is 3. The summed E-state index contributed by atoms with van der Waals surface area (Å²) in [6.45, 7) is 4.19. The van der Waals surface area contributed by atoms with Crippen LogP contribution in [0.3, 0.4) is 0 Å². The topological polar surface area (TPSA) is 50.2 Å². The number of benzene rings is 1. The highest BCUT2D eigenvalue weighted by Crippen LogP contribution is 2.22. The number of likely N-dealkylation sites (tertiary alicyclic amines) is 1. The van der Waals surface area contributed by atoms with Crippen LogP contribution < -0.4 is 5.32 Å². The lowest BCUT2D eigenvalue weighted by atomic mass is 10.1. The van der Waals surface area contributed by atoms with Crippen LogP contribution in [0.15, 0.2) is 36.5 Å². The van der Waals surface area contributed by atoms with E-state index in [0.29, 0.717) is 11.9 Å². The zero-order valence-corrected chi connectivity index (χ0v) is 13.2. The number of carbonyl (C=O) groups is 1. The molecule has 1 aliphatic heterocycles. The van der Waals surface area contributed by atoms with E-state index in [4.69, 9.17) is 0 Å². The number of amides is 1. The zero-order valence-electron chi connectivity index (χ0n) is 13.2. The fourth-order valence-corrected chi connectivity index (χ4v) is 3.00. The average molecular weight is 316 g/mol. The second-order valence-corrected chi connectivity index (χ2v) is 5.95. The maximum Gasteiger partial charge on any atom is 0.222 e. The summed E-state index contributed by atoms with van der Waals surface area (Å²) in [5, 5.41) is 7.08. The largest absolute Gasteiger partial charge is 0.309 e. The van der Waals surface area contributed by atoms with E-state index in [-0.39, 0.29) is 11.7 Å². The second-order valence-electron chi connectivity index (χ2n) is 5.95. The van der Waals surface area contributed by atoms with Crippen molar-refractivity contribution in [1.82, 2.24) is 14.7 Å². The molecule has 0 bridgehead atoms. The highest BCUT2D eigenvalue weighted by Gasteiger charge is 2.24. The van der Waals surface area contributed by atoms with Crippen LogP contribution in [-0.4, -0.2) is 40.2 Å². The van der Waals surface area contributed by atoms with E-state index in [1.54, 1.807) is 6.07 Å². The van der Waals surface area contributed by atoms with Gasteiger partial charge in [-0.1, -0.05) is 18.2 Å². The van der Waals surface area contributed by atoms with Gasteiger partial charge in [-0.25, -0.2) is 4.39 Å². The molecule has 0 unspecified atom stereocenters. The maximum atomic E-state index is 13.6. The van der Waals surface area contributed by atoms with Gasteiger partial charge in [-0.15, -0.1) is 0 Å². The first-order chi connectivity index (χ1) is 11.1. The van der Waals surface area contributed by atoms with Gasteiger partial charge >= 0.3 is 0 Å². The predicted octanol–water partition coefficient (Wildman–Crippen LogP) is 2.47. The molecule has 23 heavy (non-hydrogen) atoms. The normalized spacial score (nSPS) is 18.3. The first-order valence-corrected chi connectivity index (χ1v) is 7.90. The van der Waals surface area contributed by atoms with Gasteiger partial charge in [0.1, 0.15) is 5.82 Å². The highest BCUT2D eigenvalue weighted by atomic mass is 19.1. The van der Waals surface area contributed by atoms with Crippen molar-refractivity contribution in [1.29, 1.82) is 0 Å². The van der Waals surface area contributed by atoms with Crippen molar-refractivity contribution in [3.05, 3.63) is 47.9 Å².